The molecular weight excluding hydrogens is 250 g/mol. The molecule has 18 heavy (non-hydrogen) atoms. The zero-order valence-electron chi connectivity index (χ0n) is 10.7. The van der Waals surface area contributed by atoms with Gasteiger partial charge in [0.2, 0.25) is 0 Å². The number of nitriles is 1. The molecule has 1 aromatic rings. The van der Waals surface area contributed by atoms with Crippen molar-refractivity contribution < 1.29 is 8.42 Å². The number of benzene rings is 1. The van der Waals surface area contributed by atoms with Gasteiger partial charge in [-0.3, -0.25) is 4.72 Å². The lowest BCUT2D eigenvalue weighted by Crippen LogP contribution is -2.37. The van der Waals surface area contributed by atoms with Crippen molar-refractivity contribution in [3.63, 3.8) is 0 Å². The molecule has 0 unspecified atom stereocenters. The topological polar surface area (TPSA) is 73.2 Å². The Kier molecular flexibility index (Phi) is 4.70. The molecule has 1 rings (SSSR count). The van der Waals surface area contributed by atoms with Crippen molar-refractivity contribution in [1.82, 2.24) is 4.31 Å². The molecule has 0 aliphatic carbocycles. The Hall–Kier alpha value is -1.58. The van der Waals surface area contributed by atoms with Gasteiger partial charge in [-0.1, -0.05) is 12.1 Å². The van der Waals surface area contributed by atoms with Gasteiger partial charge < -0.3 is 0 Å². The van der Waals surface area contributed by atoms with E-state index in [1.165, 1.54) is 11.4 Å². The normalized spacial score (nSPS) is 11.6. The number of anilines is 1. The number of hydrogen-bond acceptors (Lipinski definition) is 3. The first-order valence-electron chi connectivity index (χ1n) is 5.58. The standard InChI is InChI=1S/C12H17N3O2S/c1-10(2)15(3)18(16,17)14-12-6-4-11(5-7-12)8-9-13/h4-7,10,14H,8H2,1-3H3. The third kappa shape index (κ3) is 3.72. The van der Waals surface area contributed by atoms with Gasteiger partial charge in [-0.25, -0.2) is 0 Å². The van der Waals surface area contributed by atoms with Crippen molar-refractivity contribution in [2.45, 2.75) is 26.3 Å². The van der Waals surface area contributed by atoms with Crippen LogP contribution in [-0.4, -0.2) is 25.8 Å². The Morgan fingerprint density at radius 1 is 1.33 bits per heavy atom. The lowest BCUT2D eigenvalue weighted by molar-refractivity contribution is 0.414. The molecule has 0 atom stereocenters. The molecule has 0 radical (unpaired) electrons. The van der Waals surface area contributed by atoms with Crippen LogP contribution < -0.4 is 4.72 Å². The largest absolute Gasteiger partial charge is 0.301 e. The first kappa shape index (κ1) is 14.5. The van der Waals surface area contributed by atoms with Crippen LogP contribution in [0.5, 0.6) is 0 Å². The summed E-state index contributed by atoms with van der Waals surface area (Å²) in [6.45, 7) is 3.60. The second kappa shape index (κ2) is 5.85. The molecule has 0 saturated carbocycles. The molecule has 0 aromatic heterocycles. The molecule has 1 N–H and O–H groups in total. The van der Waals surface area contributed by atoms with E-state index >= 15 is 0 Å². The maximum Gasteiger partial charge on any atom is 0.301 e. The molecule has 0 bridgehead atoms. The van der Waals surface area contributed by atoms with E-state index in [1.807, 2.05) is 6.07 Å². The zero-order valence-corrected chi connectivity index (χ0v) is 11.5. The van der Waals surface area contributed by atoms with Gasteiger partial charge in [0.25, 0.3) is 0 Å². The van der Waals surface area contributed by atoms with Crippen LogP contribution in [0, 0.1) is 11.3 Å². The van der Waals surface area contributed by atoms with Crippen LogP contribution in [0.2, 0.25) is 0 Å². The SMILES string of the molecule is CC(C)N(C)S(=O)(=O)Nc1ccc(CC#N)cc1. The average Bonchev–Trinajstić information content (AvgIpc) is 2.30. The second-order valence-electron chi connectivity index (χ2n) is 4.25. The van der Waals surface area contributed by atoms with E-state index in [2.05, 4.69) is 4.72 Å². The smallest absolute Gasteiger partial charge is 0.271 e. The zero-order chi connectivity index (χ0) is 13.8. The van der Waals surface area contributed by atoms with Crippen molar-refractivity contribution >= 4 is 15.9 Å². The Balaban J connectivity index is 2.82. The molecule has 1 aromatic carbocycles. The predicted molar refractivity (Wildman–Crippen MR) is 71.2 cm³/mol. The van der Waals surface area contributed by atoms with Crippen LogP contribution in [0.25, 0.3) is 0 Å². The molecule has 0 heterocycles. The van der Waals surface area contributed by atoms with Crippen LogP contribution in [0.15, 0.2) is 24.3 Å². The van der Waals surface area contributed by atoms with Crippen molar-refractivity contribution in [2.75, 3.05) is 11.8 Å². The monoisotopic (exact) mass is 267 g/mol. The van der Waals surface area contributed by atoms with Gasteiger partial charge in [0.1, 0.15) is 0 Å². The third-order valence-corrected chi connectivity index (χ3v) is 4.26. The number of nitrogens with one attached hydrogen (secondary N) is 1. The van der Waals surface area contributed by atoms with E-state index in [4.69, 9.17) is 5.26 Å². The number of nitrogens with zero attached hydrogens (tertiary/aromatic N) is 2. The van der Waals surface area contributed by atoms with E-state index in [1.54, 1.807) is 38.1 Å². The van der Waals surface area contributed by atoms with Crippen LogP contribution >= 0.6 is 0 Å². The lowest BCUT2D eigenvalue weighted by atomic mass is 10.1. The van der Waals surface area contributed by atoms with Crippen LogP contribution in [0.4, 0.5) is 5.69 Å². The number of rotatable bonds is 5. The summed E-state index contributed by atoms with van der Waals surface area (Å²) < 4.78 is 27.6. The Morgan fingerprint density at radius 3 is 2.33 bits per heavy atom. The highest BCUT2D eigenvalue weighted by Gasteiger charge is 2.19. The van der Waals surface area contributed by atoms with E-state index < -0.39 is 10.2 Å². The van der Waals surface area contributed by atoms with Crippen LogP contribution in [0.3, 0.4) is 0 Å². The molecular formula is C12H17N3O2S. The third-order valence-electron chi connectivity index (χ3n) is 2.59. The Bertz CT molecular complexity index is 529. The molecule has 0 aliphatic heterocycles. The quantitative estimate of drug-likeness (QED) is 0.883. The van der Waals surface area contributed by atoms with Gasteiger partial charge in [0.05, 0.1) is 12.5 Å². The van der Waals surface area contributed by atoms with E-state index in [9.17, 15) is 8.42 Å². The second-order valence-corrected chi connectivity index (χ2v) is 5.98. The fraction of sp³-hybridized carbons (Fsp3) is 0.417. The molecule has 0 fully saturated rings. The Morgan fingerprint density at radius 2 is 1.89 bits per heavy atom. The molecule has 0 aliphatic rings. The minimum absolute atomic E-state index is 0.111. The van der Waals surface area contributed by atoms with Gasteiger partial charge in [-0.05, 0) is 31.5 Å². The van der Waals surface area contributed by atoms with E-state index in [0.29, 0.717) is 12.1 Å². The molecule has 0 amide bonds. The summed E-state index contributed by atoms with van der Waals surface area (Å²) in [5.41, 5.74) is 1.35. The van der Waals surface area contributed by atoms with E-state index in [0.717, 1.165) is 5.56 Å². The lowest BCUT2D eigenvalue weighted by Gasteiger charge is -2.21. The van der Waals surface area contributed by atoms with Gasteiger partial charge >= 0.3 is 10.2 Å². The fourth-order valence-corrected chi connectivity index (χ4v) is 2.41. The Labute approximate surface area is 108 Å². The van der Waals surface area contributed by atoms with Gasteiger partial charge in [0.15, 0.2) is 0 Å². The van der Waals surface area contributed by atoms with Gasteiger partial charge in [-0.15, -0.1) is 0 Å². The van der Waals surface area contributed by atoms with E-state index in [-0.39, 0.29) is 6.04 Å². The summed E-state index contributed by atoms with van der Waals surface area (Å²) in [7, 11) is -1.99. The van der Waals surface area contributed by atoms with Crippen molar-refractivity contribution in [3.05, 3.63) is 29.8 Å². The summed E-state index contributed by atoms with van der Waals surface area (Å²) in [4.78, 5) is 0. The van der Waals surface area contributed by atoms with Crippen LogP contribution in [-0.2, 0) is 16.6 Å². The molecule has 0 spiro atoms. The average molecular weight is 267 g/mol. The molecule has 6 heteroatoms. The number of hydrogen-bond donors (Lipinski definition) is 1. The van der Waals surface area contributed by atoms with Gasteiger partial charge in [-0.2, -0.15) is 18.0 Å². The predicted octanol–water partition coefficient (Wildman–Crippen LogP) is 1.75. The summed E-state index contributed by atoms with van der Waals surface area (Å²) in [5, 5.41) is 8.54. The summed E-state index contributed by atoms with van der Waals surface area (Å²) in [6.07, 6.45) is 0.318. The summed E-state index contributed by atoms with van der Waals surface area (Å²) in [5.74, 6) is 0. The maximum absolute atomic E-state index is 11.9. The minimum atomic E-state index is -3.52. The van der Waals surface area contributed by atoms with Crippen molar-refractivity contribution in [3.8, 4) is 6.07 Å². The maximum atomic E-state index is 11.9. The van der Waals surface area contributed by atoms with Crippen molar-refractivity contribution in [2.24, 2.45) is 0 Å². The summed E-state index contributed by atoms with van der Waals surface area (Å²) in [6, 6.07) is 8.69. The highest BCUT2D eigenvalue weighted by Crippen LogP contribution is 2.14. The molecule has 0 saturated heterocycles. The first-order chi connectivity index (χ1) is 8.36. The van der Waals surface area contributed by atoms with Crippen LogP contribution in [0.1, 0.15) is 19.4 Å². The highest BCUT2D eigenvalue weighted by molar-refractivity contribution is 7.90. The molecule has 98 valence electrons. The molecule has 5 nitrogen and oxygen atoms in total. The first-order valence-corrected chi connectivity index (χ1v) is 7.02. The fourth-order valence-electron chi connectivity index (χ4n) is 1.28. The highest BCUT2D eigenvalue weighted by atomic mass is 32.2. The van der Waals surface area contributed by atoms with Crippen molar-refractivity contribution in [1.29, 1.82) is 5.26 Å². The van der Waals surface area contributed by atoms with Gasteiger partial charge in [0, 0.05) is 18.8 Å². The minimum Gasteiger partial charge on any atom is -0.271 e. The summed E-state index contributed by atoms with van der Waals surface area (Å²) >= 11 is 0.